The number of aromatic nitrogens is 3. The van der Waals surface area contributed by atoms with E-state index < -0.39 is 0 Å². The van der Waals surface area contributed by atoms with Crippen LogP contribution in [-0.2, 0) is 16.2 Å². The summed E-state index contributed by atoms with van der Waals surface area (Å²) in [6.07, 6.45) is 10.8. The van der Waals surface area contributed by atoms with Crippen LogP contribution in [0.3, 0.4) is 0 Å². The van der Waals surface area contributed by atoms with Gasteiger partial charge in [-0.15, -0.1) is 0 Å². The molecule has 41 heavy (non-hydrogen) atoms. The van der Waals surface area contributed by atoms with E-state index in [2.05, 4.69) is 162 Å². The van der Waals surface area contributed by atoms with E-state index in [1.165, 1.54) is 39.1 Å². The molecule has 2 aromatic carbocycles. The minimum Gasteiger partial charge on any atom is -0.255 e. The van der Waals surface area contributed by atoms with Gasteiger partial charge in [-0.1, -0.05) is 79.7 Å². The van der Waals surface area contributed by atoms with E-state index in [9.17, 15) is 0 Å². The third-order valence-electron chi connectivity index (χ3n) is 8.68. The smallest absolute Gasteiger partial charge is 0.210 e. The topological polar surface area (TPSA) is 20.6 Å². The second-order valence-electron chi connectivity index (χ2n) is 14.0. The Kier molecular flexibility index (Phi) is 6.26. The molecule has 0 N–H and O–H groups in total. The number of hydrogen-bond donors (Lipinski definition) is 0. The number of rotatable bonds is 3. The zero-order valence-corrected chi connectivity index (χ0v) is 25.7. The van der Waals surface area contributed by atoms with Crippen molar-refractivity contribution >= 4 is 0 Å². The van der Waals surface area contributed by atoms with E-state index in [1.54, 1.807) is 0 Å². The first-order valence-corrected chi connectivity index (χ1v) is 14.6. The summed E-state index contributed by atoms with van der Waals surface area (Å²) >= 11 is 0. The number of nitrogens with zero attached hydrogens (tertiary/aromatic N) is 3. The largest absolute Gasteiger partial charge is 0.255 e. The molecule has 3 nitrogen and oxygen atoms in total. The maximum Gasteiger partial charge on any atom is 0.210 e. The van der Waals surface area contributed by atoms with Crippen LogP contribution in [0.15, 0.2) is 104 Å². The standard InChI is InChI=1S/C38H41N3/c1-36(2,3)28-9-13-30(14-10-28)40-20-17-26(18-21-40)27-23-33-35(39-24-27)32-19-22-41(25-34(32)38(33,7)8)31-15-11-29(12-16-31)37(4,5)6/h9-25H,1-8H3/q+2. The van der Waals surface area contributed by atoms with Gasteiger partial charge in [0.25, 0.3) is 0 Å². The zero-order chi connectivity index (χ0) is 29.2. The Labute approximate surface area is 245 Å². The number of benzene rings is 2. The Morgan fingerprint density at radius 3 is 1.63 bits per heavy atom. The molecule has 0 amide bonds. The fourth-order valence-electron chi connectivity index (χ4n) is 5.88. The Hall–Kier alpha value is -4.11. The average molecular weight is 540 g/mol. The van der Waals surface area contributed by atoms with Gasteiger partial charge in [-0.05, 0) is 39.2 Å². The molecule has 3 aromatic heterocycles. The molecule has 0 atom stereocenters. The summed E-state index contributed by atoms with van der Waals surface area (Å²) in [5, 5.41) is 0. The zero-order valence-electron chi connectivity index (χ0n) is 25.7. The van der Waals surface area contributed by atoms with Gasteiger partial charge in [0.1, 0.15) is 0 Å². The van der Waals surface area contributed by atoms with Crippen LogP contribution in [0.2, 0.25) is 0 Å². The lowest BCUT2D eigenvalue weighted by molar-refractivity contribution is -0.596. The Bertz CT molecular complexity index is 1730. The van der Waals surface area contributed by atoms with Crippen LogP contribution in [0.5, 0.6) is 0 Å². The number of hydrogen-bond acceptors (Lipinski definition) is 1. The molecule has 0 radical (unpaired) electrons. The highest BCUT2D eigenvalue weighted by Gasteiger charge is 2.39. The molecule has 1 aliphatic carbocycles. The van der Waals surface area contributed by atoms with Crippen molar-refractivity contribution in [2.45, 2.75) is 71.6 Å². The molecular weight excluding hydrogens is 498 g/mol. The molecule has 0 unspecified atom stereocenters. The van der Waals surface area contributed by atoms with Crippen molar-refractivity contribution in [2.75, 3.05) is 0 Å². The first kappa shape index (κ1) is 27.1. The van der Waals surface area contributed by atoms with Crippen LogP contribution >= 0.6 is 0 Å². The van der Waals surface area contributed by atoms with Gasteiger partial charge in [-0.2, -0.15) is 9.13 Å². The second kappa shape index (κ2) is 9.48. The lowest BCUT2D eigenvalue weighted by Gasteiger charge is -2.20. The predicted octanol–water partition coefficient (Wildman–Crippen LogP) is 8.20. The third kappa shape index (κ3) is 4.88. The average Bonchev–Trinajstić information content (AvgIpc) is 3.18. The fraction of sp³-hybridized carbons (Fsp3) is 0.289. The number of fused-ring (bicyclic) bond motifs is 3. The van der Waals surface area contributed by atoms with Crippen molar-refractivity contribution in [3.05, 3.63) is 126 Å². The summed E-state index contributed by atoms with van der Waals surface area (Å²) < 4.78 is 4.41. The van der Waals surface area contributed by atoms with E-state index in [0.717, 1.165) is 16.9 Å². The molecule has 6 rings (SSSR count). The van der Waals surface area contributed by atoms with Gasteiger partial charge in [0.15, 0.2) is 24.8 Å². The first-order valence-electron chi connectivity index (χ1n) is 14.6. The first-order chi connectivity index (χ1) is 19.3. The number of pyridine rings is 3. The maximum absolute atomic E-state index is 5.01. The molecule has 0 fully saturated rings. The maximum atomic E-state index is 5.01. The molecule has 5 aromatic rings. The van der Waals surface area contributed by atoms with Gasteiger partial charge >= 0.3 is 0 Å². The van der Waals surface area contributed by atoms with Gasteiger partial charge in [0, 0.05) is 70.8 Å². The van der Waals surface area contributed by atoms with Crippen LogP contribution < -0.4 is 9.13 Å². The monoisotopic (exact) mass is 539 g/mol. The molecule has 0 bridgehead atoms. The molecule has 3 heterocycles. The van der Waals surface area contributed by atoms with Crippen LogP contribution in [-0.4, -0.2) is 4.98 Å². The highest BCUT2D eigenvalue weighted by molar-refractivity contribution is 5.79. The summed E-state index contributed by atoms with van der Waals surface area (Å²) in [5.74, 6) is 0. The van der Waals surface area contributed by atoms with E-state index >= 15 is 0 Å². The Balaban J connectivity index is 1.29. The van der Waals surface area contributed by atoms with E-state index in [-0.39, 0.29) is 16.2 Å². The molecule has 206 valence electrons. The van der Waals surface area contributed by atoms with Crippen molar-refractivity contribution in [1.29, 1.82) is 0 Å². The van der Waals surface area contributed by atoms with Crippen LogP contribution in [0.4, 0.5) is 0 Å². The summed E-state index contributed by atoms with van der Waals surface area (Å²) in [6.45, 7) is 18.1. The third-order valence-corrected chi connectivity index (χ3v) is 8.68. The van der Waals surface area contributed by atoms with Crippen molar-refractivity contribution < 1.29 is 9.13 Å². The lowest BCUT2D eigenvalue weighted by Crippen LogP contribution is -2.32. The lowest BCUT2D eigenvalue weighted by atomic mass is 9.83. The fourth-order valence-corrected chi connectivity index (χ4v) is 5.88. The predicted molar refractivity (Wildman–Crippen MR) is 168 cm³/mol. The summed E-state index contributed by atoms with van der Waals surface area (Å²) in [6, 6.07) is 26.7. The SMILES string of the molecule is CC(C)(C)c1ccc(-[n+]2ccc(-c3cnc4c(c3)C(C)(C)c3c[n+](-c5ccc(C(C)(C)C)cc5)ccc3-4)cc2)cc1. The molecule has 0 saturated carbocycles. The van der Waals surface area contributed by atoms with Gasteiger partial charge in [0.2, 0.25) is 11.4 Å². The highest BCUT2D eigenvalue weighted by Crippen LogP contribution is 2.48. The summed E-state index contributed by atoms with van der Waals surface area (Å²) in [5.41, 5.74) is 12.4. The molecule has 1 aliphatic rings. The van der Waals surface area contributed by atoms with Crippen LogP contribution in [0.25, 0.3) is 33.8 Å². The Morgan fingerprint density at radius 1 is 0.585 bits per heavy atom. The van der Waals surface area contributed by atoms with Gasteiger partial charge in [-0.3, -0.25) is 4.98 Å². The highest BCUT2D eigenvalue weighted by atomic mass is 14.9. The minimum absolute atomic E-state index is 0.144. The van der Waals surface area contributed by atoms with Crippen LogP contribution in [0, 0.1) is 0 Å². The normalized spacial score (nSPS) is 14.0. The van der Waals surface area contributed by atoms with Crippen molar-refractivity contribution in [1.82, 2.24) is 4.98 Å². The minimum atomic E-state index is -0.147. The van der Waals surface area contributed by atoms with E-state index in [1.807, 2.05) is 6.20 Å². The van der Waals surface area contributed by atoms with E-state index in [0.29, 0.717) is 0 Å². The van der Waals surface area contributed by atoms with Crippen molar-refractivity contribution in [3.63, 3.8) is 0 Å². The molecule has 0 saturated heterocycles. The van der Waals surface area contributed by atoms with Crippen LogP contribution in [0.1, 0.15) is 77.6 Å². The molecule has 0 aliphatic heterocycles. The second-order valence-corrected chi connectivity index (χ2v) is 14.0. The van der Waals surface area contributed by atoms with Gasteiger partial charge in [-0.25, -0.2) is 0 Å². The molecule has 3 heteroatoms. The quantitative estimate of drug-likeness (QED) is 0.212. The summed E-state index contributed by atoms with van der Waals surface area (Å²) in [7, 11) is 0. The Morgan fingerprint density at radius 2 is 1.10 bits per heavy atom. The van der Waals surface area contributed by atoms with Gasteiger partial charge < -0.3 is 0 Å². The van der Waals surface area contributed by atoms with Crippen molar-refractivity contribution in [3.8, 4) is 33.8 Å². The molecular formula is C38H41N3+2. The molecule has 0 spiro atoms. The van der Waals surface area contributed by atoms with Crippen molar-refractivity contribution in [2.24, 2.45) is 0 Å². The van der Waals surface area contributed by atoms with Gasteiger partial charge in [0.05, 0.1) is 5.69 Å². The summed E-state index contributed by atoms with van der Waals surface area (Å²) in [4.78, 5) is 5.01. The van der Waals surface area contributed by atoms with E-state index in [4.69, 9.17) is 4.98 Å².